The van der Waals surface area contributed by atoms with Gasteiger partial charge < -0.3 is 4.90 Å². The van der Waals surface area contributed by atoms with E-state index < -0.39 is 0 Å². The van der Waals surface area contributed by atoms with Crippen LogP contribution in [0.2, 0.25) is 0 Å². The van der Waals surface area contributed by atoms with Crippen LogP contribution in [0, 0.1) is 5.92 Å². The van der Waals surface area contributed by atoms with Gasteiger partial charge in [-0.15, -0.1) is 0 Å². The molecule has 3 atom stereocenters. The third-order valence-electron chi connectivity index (χ3n) is 9.95. The van der Waals surface area contributed by atoms with Gasteiger partial charge in [-0.05, 0) is 80.9 Å². The van der Waals surface area contributed by atoms with Crippen molar-refractivity contribution in [3.05, 3.63) is 198 Å². The second-order valence-electron chi connectivity index (χ2n) is 12.1. The third kappa shape index (κ3) is 3.53. The maximum atomic E-state index is 2.48. The van der Waals surface area contributed by atoms with E-state index in [0.29, 0.717) is 11.8 Å². The lowest BCUT2D eigenvalue weighted by molar-refractivity contribution is 0.465. The quantitative estimate of drug-likeness (QED) is 0.207. The van der Waals surface area contributed by atoms with Gasteiger partial charge in [0.25, 0.3) is 0 Å². The molecule has 3 aliphatic carbocycles. The Hall–Kier alpha value is -5.40. The number of rotatable bonds is 4. The molecule has 3 aliphatic rings. The van der Waals surface area contributed by atoms with Crippen molar-refractivity contribution in [3.8, 4) is 22.3 Å². The average Bonchev–Trinajstić information content (AvgIpc) is 3.57. The molecule has 0 bridgehead atoms. The Bertz CT molecular complexity index is 2070. The van der Waals surface area contributed by atoms with Gasteiger partial charge in [-0.2, -0.15) is 0 Å². The summed E-state index contributed by atoms with van der Waals surface area (Å²) in [5.74, 6) is 0.674. The lowest BCUT2D eigenvalue weighted by Crippen LogP contribution is -2.33. The molecule has 3 unspecified atom stereocenters. The Morgan fingerprint density at radius 3 is 1.84 bits per heavy atom. The summed E-state index contributed by atoms with van der Waals surface area (Å²) in [6.45, 7) is 0. The first-order valence-corrected chi connectivity index (χ1v) is 15.5. The summed E-state index contributed by atoms with van der Waals surface area (Å²) in [6.07, 6.45) is 9.35. The number of benzene rings is 6. The molecule has 1 nitrogen and oxygen atoms in total. The lowest BCUT2D eigenvalue weighted by Gasteiger charge is -2.36. The first kappa shape index (κ1) is 25.1. The topological polar surface area (TPSA) is 3.24 Å². The van der Waals surface area contributed by atoms with E-state index >= 15 is 0 Å². The minimum absolute atomic E-state index is 0.246. The van der Waals surface area contributed by atoms with Crippen molar-refractivity contribution in [2.24, 2.45) is 5.92 Å². The van der Waals surface area contributed by atoms with Crippen LogP contribution in [0.1, 0.15) is 28.2 Å². The maximum Gasteiger partial charge on any atom is 0.0538 e. The summed E-state index contributed by atoms with van der Waals surface area (Å²) in [6, 6.07) is 55.8. The number of fused-ring (bicyclic) bond motifs is 10. The molecule has 1 spiro atoms. The van der Waals surface area contributed by atoms with E-state index in [9.17, 15) is 0 Å². The molecular formula is C43H31N. The smallest absolute Gasteiger partial charge is 0.0538 e. The predicted molar refractivity (Wildman–Crippen MR) is 183 cm³/mol. The minimum Gasteiger partial charge on any atom is -0.310 e. The molecule has 0 N–H and O–H groups in total. The van der Waals surface area contributed by atoms with Crippen LogP contribution in [-0.4, -0.2) is 0 Å². The van der Waals surface area contributed by atoms with Crippen molar-refractivity contribution in [2.45, 2.75) is 11.3 Å². The normalized spacial score (nSPS) is 20.2. The first-order valence-electron chi connectivity index (χ1n) is 15.5. The Morgan fingerprint density at radius 2 is 1.02 bits per heavy atom. The van der Waals surface area contributed by atoms with E-state index in [4.69, 9.17) is 0 Å². The van der Waals surface area contributed by atoms with Crippen molar-refractivity contribution in [1.29, 1.82) is 0 Å². The summed E-state index contributed by atoms with van der Waals surface area (Å²) < 4.78 is 0. The van der Waals surface area contributed by atoms with Crippen LogP contribution in [-0.2, 0) is 5.41 Å². The molecular weight excluding hydrogens is 530 g/mol. The molecule has 44 heavy (non-hydrogen) atoms. The highest BCUT2D eigenvalue weighted by Crippen LogP contribution is 2.65. The Kier molecular flexibility index (Phi) is 5.61. The SMILES string of the molecule is C1=CC2c3ccccc3C3(c4ccccc4-c4ccc(N(c5ccccc5)c5ccc(-c6ccccc6)cc5)cc43)C2C=C1. The van der Waals surface area contributed by atoms with Crippen LogP contribution in [0.5, 0.6) is 0 Å². The van der Waals surface area contributed by atoms with Gasteiger partial charge in [0.15, 0.2) is 0 Å². The van der Waals surface area contributed by atoms with E-state index in [1.807, 2.05) is 0 Å². The van der Waals surface area contributed by atoms with Gasteiger partial charge in [0.1, 0.15) is 0 Å². The first-order chi connectivity index (χ1) is 21.8. The summed E-state index contributed by atoms with van der Waals surface area (Å²) in [5.41, 5.74) is 14.1. The van der Waals surface area contributed by atoms with E-state index in [1.54, 1.807) is 0 Å². The Balaban J connectivity index is 1.26. The molecule has 6 aromatic rings. The van der Waals surface area contributed by atoms with Crippen LogP contribution < -0.4 is 4.90 Å². The summed E-state index contributed by atoms with van der Waals surface area (Å²) in [4.78, 5) is 2.40. The predicted octanol–water partition coefficient (Wildman–Crippen LogP) is 11.0. The van der Waals surface area contributed by atoms with Gasteiger partial charge in [-0.1, -0.05) is 140 Å². The van der Waals surface area contributed by atoms with Gasteiger partial charge in [-0.25, -0.2) is 0 Å². The third-order valence-corrected chi connectivity index (χ3v) is 9.95. The minimum atomic E-state index is -0.246. The molecule has 0 aliphatic heterocycles. The summed E-state index contributed by atoms with van der Waals surface area (Å²) in [7, 11) is 0. The van der Waals surface area contributed by atoms with E-state index in [-0.39, 0.29) is 5.41 Å². The molecule has 0 saturated heterocycles. The fourth-order valence-electron chi connectivity index (χ4n) is 8.19. The van der Waals surface area contributed by atoms with Gasteiger partial charge in [0, 0.05) is 28.9 Å². The molecule has 1 heteroatoms. The Morgan fingerprint density at radius 1 is 0.432 bits per heavy atom. The monoisotopic (exact) mass is 561 g/mol. The van der Waals surface area contributed by atoms with Crippen molar-refractivity contribution in [2.75, 3.05) is 4.90 Å². The zero-order valence-electron chi connectivity index (χ0n) is 24.3. The zero-order valence-corrected chi connectivity index (χ0v) is 24.3. The molecule has 0 saturated carbocycles. The van der Waals surface area contributed by atoms with Gasteiger partial charge >= 0.3 is 0 Å². The number of para-hydroxylation sites is 1. The van der Waals surface area contributed by atoms with Crippen LogP contribution in [0.3, 0.4) is 0 Å². The molecule has 0 aromatic heterocycles. The van der Waals surface area contributed by atoms with Crippen LogP contribution >= 0.6 is 0 Å². The maximum absolute atomic E-state index is 2.48. The molecule has 208 valence electrons. The second-order valence-corrected chi connectivity index (χ2v) is 12.1. The van der Waals surface area contributed by atoms with Crippen molar-refractivity contribution in [3.63, 3.8) is 0 Å². The molecule has 0 heterocycles. The zero-order chi connectivity index (χ0) is 29.1. The van der Waals surface area contributed by atoms with E-state index in [0.717, 1.165) is 11.4 Å². The van der Waals surface area contributed by atoms with Crippen molar-refractivity contribution in [1.82, 2.24) is 0 Å². The molecule has 0 radical (unpaired) electrons. The molecule has 0 fully saturated rings. The number of allylic oxidation sites excluding steroid dienone is 4. The van der Waals surface area contributed by atoms with Crippen LogP contribution in [0.15, 0.2) is 176 Å². The number of nitrogens with zero attached hydrogens (tertiary/aromatic N) is 1. The summed E-state index contributed by atoms with van der Waals surface area (Å²) >= 11 is 0. The van der Waals surface area contributed by atoms with E-state index in [2.05, 4.69) is 181 Å². The average molecular weight is 562 g/mol. The fourth-order valence-corrected chi connectivity index (χ4v) is 8.19. The van der Waals surface area contributed by atoms with Crippen molar-refractivity contribution >= 4 is 17.1 Å². The Labute approximate surface area is 259 Å². The van der Waals surface area contributed by atoms with Crippen LogP contribution in [0.4, 0.5) is 17.1 Å². The standard InChI is InChI=1S/C43H31N/c1-3-13-30(14-4-1)31-23-25-33(26-24-31)44(32-15-5-2-6-16-32)34-27-28-38-37-19-9-12-22-41(37)43(42(38)29-34)39-20-10-7-17-35(39)36-18-8-11-21-40(36)43/h1-29,35,39H. The fraction of sp³-hybridized carbons (Fsp3) is 0.0698. The molecule has 9 rings (SSSR count). The van der Waals surface area contributed by atoms with Crippen LogP contribution in [0.25, 0.3) is 22.3 Å². The van der Waals surface area contributed by atoms with Gasteiger partial charge in [0.05, 0.1) is 5.41 Å². The van der Waals surface area contributed by atoms with E-state index in [1.165, 1.54) is 50.2 Å². The largest absolute Gasteiger partial charge is 0.310 e. The van der Waals surface area contributed by atoms with Crippen molar-refractivity contribution < 1.29 is 0 Å². The highest BCUT2D eigenvalue weighted by atomic mass is 15.1. The van der Waals surface area contributed by atoms with Gasteiger partial charge in [-0.3, -0.25) is 0 Å². The number of hydrogen-bond acceptors (Lipinski definition) is 1. The second kappa shape index (κ2) is 9.82. The highest BCUT2D eigenvalue weighted by Gasteiger charge is 2.57. The molecule has 0 amide bonds. The summed E-state index contributed by atoms with van der Waals surface area (Å²) in [5, 5.41) is 0. The number of hydrogen-bond donors (Lipinski definition) is 0. The number of anilines is 3. The lowest BCUT2D eigenvalue weighted by atomic mass is 9.65. The van der Waals surface area contributed by atoms with Gasteiger partial charge in [0.2, 0.25) is 0 Å². The molecule has 6 aromatic carbocycles. The highest BCUT2D eigenvalue weighted by molar-refractivity contribution is 5.89.